The summed E-state index contributed by atoms with van der Waals surface area (Å²) < 4.78 is 30.5. The van der Waals surface area contributed by atoms with E-state index < -0.39 is 22.5 Å². The molecule has 1 amide bonds. The molecule has 0 aliphatic rings. The average Bonchev–Trinajstić information content (AvgIpc) is 2.54. The number of nitrogens with zero attached hydrogens (tertiary/aromatic N) is 1. The molecule has 0 saturated carbocycles. The SMILES string of the molecule is COc1ccc(Cl)cc1N(CC(=O)Nc1ccccc1Cl)S(C)(=O)=O. The van der Waals surface area contributed by atoms with E-state index in [9.17, 15) is 13.2 Å². The van der Waals surface area contributed by atoms with E-state index in [4.69, 9.17) is 27.9 Å². The molecule has 25 heavy (non-hydrogen) atoms. The minimum absolute atomic E-state index is 0.173. The van der Waals surface area contributed by atoms with Gasteiger partial charge in [-0.25, -0.2) is 8.42 Å². The van der Waals surface area contributed by atoms with Crippen LogP contribution in [0, 0.1) is 0 Å². The molecular formula is C16H16Cl2N2O4S. The Kier molecular flexibility index (Phi) is 6.16. The highest BCUT2D eigenvalue weighted by Crippen LogP contribution is 2.32. The molecule has 2 aromatic carbocycles. The van der Waals surface area contributed by atoms with Crippen molar-refractivity contribution in [2.75, 3.05) is 29.5 Å². The fourth-order valence-electron chi connectivity index (χ4n) is 2.12. The van der Waals surface area contributed by atoms with Gasteiger partial charge in [-0.05, 0) is 30.3 Å². The van der Waals surface area contributed by atoms with Crippen molar-refractivity contribution in [2.24, 2.45) is 0 Å². The van der Waals surface area contributed by atoms with Gasteiger partial charge in [-0.15, -0.1) is 0 Å². The number of nitrogens with one attached hydrogen (secondary N) is 1. The summed E-state index contributed by atoms with van der Waals surface area (Å²) in [5, 5.41) is 3.25. The summed E-state index contributed by atoms with van der Waals surface area (Å²) in [6, 6.07) is 11.2. The number of para-hydroxylation sites is 1. The van der Waals surface area contributed by atoms with Crippen molar-refractivity contribution in [1.82, 2.24) is 0 Å². The van der Waals surface area contributed by atoms with Crippen molar-refractivity contribution in [3.8, 4) is 5.75 Å². The van der Waals surface area contributed by atoms with Crippen molar-refractivity contribution in [3.05, 3.63) is 52.5 Å². The standard InChI is InChI=1S/C16H16Cl2N2O4S/c1-24-15-8-7-11(17)9-14(15)20(25(2,22)23)10-16(21)19-13-6-4-3-5-12(13)18/h3-9H,10H2,1-2H3,(H,19,21). The van der Waals surface area contributed by atoms with Crippen LogP contribution in [-0.4, -0.2) is 34.2 Å². The number of methoxy groups -OCH3 is 1. The van der Waals surface area contributed by atoms with E-state index in [2.05, 4.69) is 5.32 Å². The Balaban J connectivity index is 2.32. The molecule has 0 aliphatic heterocycles. The van der Waals surface area contributed by atoms with Gasteiger partial charge in [-0.2, -0.15) is 0 Å². The largest absolute Gasteiger partial charge is 0.495 e. The van der Waals surface area contributed by atoms with E-state index in [1.165, 1.54) is 19.2 Å². The minimum Gasteiger partial charge on any atom is -0.495 e. The second kappa shape index (κ2) is 7.95. The van der Waals surface area contributed by atoms with Crippen molar-refractivity contribution < 1.29 is 17.9 Å². The molecule has 2 rings (SSSR count). The normalized spacial score (nSPS) is 11.0. The molecule has 0 atom stereocenters. The molecule has 0 aromatic heterocycles. The Labute approximate surface area is 156 Å². The van der Waals surface area contributed by atoms with Crippen LogP contribution >= 0.6 is 23.2 Å². The highest BCUT2D eigenvalue weighted by atomic mass is 35.5. The lowest BCUT2D eigenvalue weighted by molar-refractivity contribution is -0.114. The van der Waals surface area contributed by atoms with Crippen molar-refractivity contribution in [2.45, 2.75) is 0 Å². The Morgan fingerprint density at radius 1 is 1.20 bits per heavy atom. The van der Waals surface area contributed by atoms with E-state index in [1.54, 1.807) is 30.3 Å². The van der Waals surface area contributed by atoms with Gasteiger partial charge in [0.2, 0.25) is 15.9 Å². The fourth-order valence-corrected chi connectivity index (χ4v) is 3.32. The maximum atomic E-state index is 12.3. The number of hydrogen-bond acceptors (Lipinski definition) is 4. The van der Waals surface area contributed by atoms with Crippen LogP contribution in [0.15, 0.2) is 42.5 Å². The zero-order chi connectivity index (χ0) is 18.6. The first-order valence-electron chi connectivity index (χ1n) is 7.08. The third-order valence-electron chi connectivity index (χ3n) is 3.25. The number of benzene rings is 2. The summed E-state index contributed by atoms with van der Waals surface area (Å²) in [5.41, 5.74) is 0.562. The van der Waals surface area contributed by atoms with Gasteiger partial charge in [0.05, 0.1) is 29.8 Å². The van der Waals surface area contributed by atoms with E-state index in [-0.39, 0.29) is 11.4 Å². The molecule has 0 heterocycles. The van der Waals surface area contributed by atoms with Gasteiger partial charge in [-0.3, -0.25) is 9.10 Å². The van der Waals surface area contributed by atoms with Gasteiger partial charge in [0, 0.05) is 5.02 Å². The van der Waals surface area contributed by atoms with Crippen LogP contribution in [0.25, 0.3) is 0 Å². The van der Waals surface area contributed by atoms with Gasteiger partial charge in [0.15, 0.2) is 0 Å². The van der Waals surface area contributed by atoms with Crippen LogP contribution in [0.5, 0.6) is 5.75 Å². The monoisotopic (exact) mass is 402 g/mol. The van der Waals surface area contributed by atoms with Crippen molar-refractivity contribution in [1.29, 1.82) is 0 Å². The number of carbonyl (C=O) groups is 1. The van der Waals surface area contributed by atoms with Gasteiger partial charge < -0.3 is 10.1 Å². The third kappa shape index (κ3) is 5.01. The van der Waals surface area contributed by atoms with Crippen molar-refractivity contribution in [3.63, 3.8) is 0 Å². The molecule has 0 unspecified atom stereocenters. The lowest BCUT2D eigenvalue weighted by Crippen LogP contribution is -2.37. The Morgan fingerprint density at radius 3 is 2.48 bits per heavy atom. The molecule has 0 aliphatic carbocycles. The van der Waals surface area contributed by atoms with E-state index in [0.29, 0.717) is 15.7 Å². The maximum Gasteiger partial charge on any atom is 0.245 e. The first-order chi connectivity index (χ1) is 11.7. The lowest BCUT2D eigenvalue weighted by Gasteiger charge is -2.24. The Morgan fingerprint density at radius 2 is 1.88 bits per heavy atom. The van der Waals surface area contributed by atoms with Gasteiger partial charge in [0.1, 0.15) is 12.3 Å². The maximum absolute atomic E-state index is 12.3. The number of halogens is 2. The molecule has 2 aromatic rings. The van der Waals surface area contributed by atoms with Crippen LogP contribution in [0.3, 0.4) is 0 Å². The average molecular weight is 403 g/mol. The number of anilines is 2. The summed E-state index contributed by atoms with van der Waals surface area (Å²) >= 11 is 12.0. The third-order valence-corrected chi connectivity index (χ3v) is 4.94. The number of sulfonamides is 1. The highest BCUT2D eigenvalue weighted by molar-refractivity contribution is 7.92. The second-order valence-corrected chi connectivity index (χ2v) is 7.86. The predicted molar refractivity (Wildman–Crippen MR) is 100 cm³/mol. The van der Waals surface area contributed by atoms with E-state index >= 15 is 0 Å². The summed E-state index contributed by atoms with van der Waals surface area (Å²) in [6.07, 6.45) is 0.996. The highest BCUT2D eigenvalue weighted by Gasteiger charge is 2.24. The van der Waals surface area contributed by atoms with Gasteiger partial charge >= 0.3 is 0 Å². The topological polar surface area (TPSA) is 75.7 Å². The summed E-state index contributed by atoms with van der Waals surface area (Å²) in [4.78, 5) is 12.3. The fraction of sp³-hybridized carbons (Fsp3) is 0.188. The van der Waals surface area contributed by atoms with Crippen LogP contribution < -0.4 is 14.4 Å². The number of amides is 1. The van der Waals surface area contributed by atoms with E-state index in [0.717, 1.165) is 10.6 Å². The Hall–Kier alpha value is -1.96. The molecule has 6 nitrogen and oxygen atoms in total. The minimum atomic E-state index is -3.76. The number of ether oxygens (including phenoxy) is 1. The summed E-state index contributed by atoms with van der Waals surface area (Å²) in [7, 11) is -2.36. The second-order valence-electron chi connectivity index (χ2n) is 5.11. The molecule has 0 fully saturated rings. The molecule has 0 bridgehead atoms. The molecular weight excluding hydrogens is 387 g/mol. The predicted octanol–water partition coefficient (Wildman–Crippen LogP) is 3.41. The van der Waals surface area contributed by atoms with Crippen LogP contribution in [0.4, 0.5) is 11.4 Å². The molecule has 134 valence electrons. The number of carbonyl (C=O) groups excluding carboxylic acids is 1. The number of rotatable bonds is 6. The van der Waals surface area contributed by atoms with Crippen LogP contribution in [0.2, 0.25) is 10.0 Å². The van der Waals surface area contributed by atoms with Crippen molar-refractivity contribution >= 4 is 50.5 Å². The molecule has 0 radical (unpaired) electrons. The quantitative estimate of drug-likeness (QED) is 0.802. The molecule has 0 saturated heterocycles. The smallest absolute Gasteiger partial charge is 0.245 e. The first-order valence-corrected chi connectivity index (χ1v) is 9.68. The van der Waals surface area contributed by atoms with Gasteiger partial charge in [-0.1, -0.05) is 35.3 Å². The van der Waals surface area contributed by atoms with E-state index in [1.807, 2.05) is 0 Å². The molecule has 0 spiro atoms. The zero-order valence-corrected chi connectivity index (χ0v) is 15.8. The summed E-state index contributed by atoms with van der Waals surface area (Å²) in [5.74, 6) is -0.277. The molecule has 9 heteroatoms. The van der Waals surface area contributed by atoms with Crippen LogP contribution in [-0.2, 0) is 14.8 Å². The Bertz CT molecular complexity index is 887. The molecule has 1 N–H and O–H groups in total. The lowest BCUT2D eigenvalue weighted by atomic mass is 10.3. The van der Waals surface area contributed by atoms with Crippen LogP contribution in [0.1, 0.15) is 0 Å². The number of hydrogen-bond donors (Lipinski definition) is 1. The summed E-state index contributed by atoms with van der Waals surface area (Å²) in [6.45, 7) is -0.458. The van der Waals surface area contributed by atoms with Gasteiger partial charge in [0.25, 0.3) is 0 Å². The first kappa shape index (κ1) is 19.4. The zero-order valence-electron chi connectivity index (χ0n) is 13.5.